The van der Waals surface area contributed by atoms with Crippen LogP contribution in [0.15, 0.2) is 12.1 Å². The molecule has 1 N–H and O–H groups in total. The Morgan fingerprint density at radius 3 is 2.57 bits per heavy atom. The molecule has 3 nitrogen and oxygen atoms in total. The maximum atomic E-state index is 11.8. The minimum atomic E-state index is -2.83. The Morgan fingerprint density at radius 2 is 2.10 bits per heavy atom. The van der Waals surface area contributed by atoms with Gasteiger partial charge < -0.3 is 5.32 Å². The molecule has 0 aliphatic carbocycles. The molecule has 0 aromatic carbocycles. The van der Waals surface area contributed by atoms with E-state index in [1.54, 1.807) is 0 Å². The average Bonchev–Trinajstić information content (AvgIpc) is 2.96. The molecule has 0 bridgehead atoms. The minimum absolute atomic E-state index is 0.153. The van der Waals surface area contributed by atoms with Crippen LogP contribution in [0.4, 0.5) is 0 Å². The van der Waals surface area contributed by atoms with Gasteiger partial charge in [-0.3, -0.25) is 0 Å². The molecule has 2 atom stereocenters. The van der Waals surface area contributed by atoms with Gasteiger partial charge in [-0.05, 0) is 42.9 Å². The van der Waals surface area contributed by atoms with Crippen LogP contribution in [0.25, 0.3) is 0 Å². The summed E-state index contributed by atoms with van der Waals surface area (Å²) in [7, 11) is -2.83. The van der Waals surface area contributed by atoms with Gasteiger partial charge in [0.05, 0.1) is 11.5 Å². The van der Waals surface area contributed by atoms with Gasteiger partial charge in [0, 0.05) is 15.8 Å². The van der Waals surface area contributed by atoms with Gasteiger partial charge in [-0.2, -0.15) is 0 Å². The average molecular weight is 330 g/mol. The van der Waals surface area contributed by atoms with Crippen molar-refractivity contribution >= 4 is 21.2 Å². The van der Waals surface area contributed by atoms with Gasteiger partial charge in [0.2, 0.25) is 0 Å². The smallest absolute Gasteiger partial charge is 0.150 e. The maximum Gasteiger partial charge on any atom is 0.150 e. The molecule has 1 aromatic heterocycles. The second-order valence-electron chi connectivity index (χ2n) is 7.05. The van der Waals surface area contributed by atoms with E-state index in [0.717, 1.165) is 19.4 Å². The van der Waals surface area contributed by atoms with E-state index < -0.39 is 9.84 Å². The lowest BCUT2D eigenvalue weighted by atomic mass is 9.94. The second kappa shape index (κ2) is 6.39. The third-order valence-corrected chi connectivity index (χ3v) is 7.41. The Bertz CT molecular complexity index is 569. The van der Waals surface area contributed by atoms with Crippen LogP contribution in [-0.2, 0) is 15.3 Å². The van der Waals surface area contributed by atoms with Gasteiger partial charge in [-0.25, -0.2) is 8.42 Å². The van der Waals surface area contributed by atoms with Crippen molar-refractivity contribution in [3.8, 4) is 0 Å². The summed E-state index contributed by atoms with van der Waals surface area (Å²) in [6.45, 7) is 9.74. The van der Waals surface area contributed by atoms with E-state index in [-0.39, 0.29) is 17.4 Å². The molecular weight excluding hydrogens is 302 g/mol. The summed E-state index contributed by atoms with van der Waals surface area (Å²) in [5.74, 6) is 0.893. The van der Waals surface area contributed by atoms with Crippen molar-refractivity contribution < 1.29 is 8.42 Å². The van der Waals surface area contributed by atoms with Crippen molar-refractivity contribution in [3.05, 3.63) is 21.9 Å². The highest BCUT2D eigenvalue weighted by Crippen LogP contribution is 2.38. The molecule has 0 saturated carbocycles. The molecule has 1 saturated heterocycles. The van der Waals surface area contributed by atoms with E-state index >= 15 is 0 Å². The van der Waals surface area contributed by atoms with Crippen LogP contribution in [0.3, 0.4) is 0 Å². The number of sulfone groups is 1. The van der Waals surface area contributed by atoms with Crippen LogP contribution in [0, 0.1) is 5.92 Å². The molecule has 2 rings (SSSR count). The summed E-state index contributed by atoms with van der Waals surface area (Å²) in [5.41, 5.74) is 0.153. The van der Waals surface area contributed by atoms with Crippen molar-refractivity contribution in [2.24, 2.45) is 5.92 Å². The summed E-state index contributed by atoms with van der Waals surface area (Å²) in [6.07, 6.45) is 1.85. The van der Waals surface area contributed by atoms with Crippen LogP contribution >= 0.6 is 11.3 Å². The summed E-state index contributed by atoms with van der Waals surface area (Å²) < 4.78 is 23.6. The molecule has 1 aliphatic rings. The highest BCUT2D eigenvalue weighted by atomic mass is 32.2. The van der Waals surface area contributed by atoms with Crippen molar-refractivity contribution in [1.82, 2.24) is 5.32 Å². The van der Waals surface area contributed by atoms with Crippen LogP contribution in [-0.4, -0.2) is 26.5 Å². The first-order chi connectivity index (χ1) is 9.73. The number of hydrogen-bond donors (Lipinski definition) is 1. The first-order valence-electron chi connectivity index (χ1n) is 7.77. The van der Waals surface area contributed by atoms with Gasteiger partial charge in [0.1, 0.15) is 0 Å². The van der Waals surface area contributed by atoms with E-state index in [0.29, 0.717) is 11.5 Å². The Kier molecular flexibility index (Phi) is 5.16. The largest absolute Gasteiger partial charge is 0.309 e. The zero-order valence-corrected chi connectivity index (χ0v) is 15.1. The minimum Gasteiger partial charge on any atom is -0.309 e. The predicted molar refractivity (Wildman–Crippen MR) is 90.8 cm³/mol. The normalized spacial score (nSPS) is 23.3. The molecule has 1 aromatic rings. The second-order valence-corrected chi connectivity index (χ2v) is 10.4. The number of rotatable bonds is 5. The summed E-state index contributed by atoms with van der Waals surface area (Å²) in [5, 5.41) is 3.58. The monoisotopic (exact) mass is 329 g/mol. The lowest BCUT2D eigenvalue weighted by Crippen LogP contribution is -2.29. The zero-order chi connectivity index (χ0) is 15.7. The molecule has 21 heavy (non-hydrogen) atoms. The first kappa shape index (κ1) is 17.0. The number of thiophene rings is 1. The van der Waals surface area contributed by atoms with Crippen LogP contribution in [0.1, 0.15) is 56.3 Å². The molecule has 1 fully saturated rings. The Hall–Kier alpha value is -0.390. The summed E-state index contributed by atoms with van der Waals surface area (Å²) >= 11 is 1.83. The fourth-order valence-corrected chi connectivity index (χ4v) is 5.88. The summed E-state index contributed by atoms with van der Waals surface area (Å²) in [4.78, 5) is 2.65. The molecule has 2 unspecified atom stereocenters. The van der Waals surface area contributed by atoms with Crippen LogP contribution in [0.5, 0.6) is 0 Å². The molecule has 0 radical (unpaired) electrons. The van der Waals surface area contributed by atoms with Crippen molar-refractivity contribution in [2.75, 3.05) is 18.1 Å². The maximum absolute atomic E-state index is 11.8. The van der Waals surface area contributed by atoms with Gasteiger partial charge in [-0.1, -0.05) is 27.7 Å². The standard InChI is InChI=1S/C16H27NO2S2/c1-5-9-17-15(12-8-10-21(18,19)11-12)13-6-7-14(20-13)16(2,3)4/h6-7,12,15,17H,5,8-11H2,1-4H3. The lowest BCUT2D eigenvalue weighted by Gasteiger charge is -2.23. The third-order valence-electron chi connectivity index (χ3n) is 4.03. The molecule has 5 heteroatoms. The van der Waals surface area contributed by atoms with Crippen LogP contribution in [0.2, 0.25) is 0 Å². The molecule has 1 aliphatic heterocycles. The fraction of sp³-hybridized carbons (Fsp3) is 0.750. The van der Waals surface area contributed by atoms with E-state index in [9.17, 15) is 8.42 Å². The van der Waals surface area contributed by atoms with Gasteiger partial charge in [0.15, 0.2) is 9.84 Å². The zero-order valence-electron chi connectivity index (χ0n) is 13.5. The third kappa shape index (κ3) is 4.30. The van der Waals surface area contributed by atoms with Gasteiger partial charge in [0.25, 0.3) is 0 Å². The van der Waals surface area contributed by atoms with E-state index in [2.05, 4.69) is 45.1 Å². The van der Waals surface area contributed by atoms with E-state index in [4.69, 9.17) is 0 Å². The Morgan fingerprint density at radius 1 is 1.38 bits per heavy atom. The SMILES string of the molecule is CCCNC(c1ccc(C(C)(C)C)s1)C1CCS(=O)(=O)C1. The Labute approximate surface area is 133 Å². The topological polar surface area (TPSA) is 46.2 Å². The van der Waals surface area contributed by atoms with Gasteiger partial charge in [-0.15, -0.1) is 11.3 Å². The predicted octanol–water partition coefficient (Wildman–Crippen LogP) is 3.52. The van der Waals surface area contributed by atoms with Crippen molar-refractivity contribution in [2.45, 2.75) is 52.0 Å². The van der Waals surface area contributed by atoms with Gasteiger partial charge >= 0.3 is 0 Å². The first-order valence-corrected chi connectivity index (χ1v) is 10.4. The lowest BCUT2D eigenvalue weighted by molar-refractivity contribution is 0.398. The van der Waals surface area contributed by atoms with E-state index in [1.807, 2.05) is 11.3 Å². The number of hydrogen-bond acceptors (Lipinski definition) is 4. The highest BCUT2D eigenvalue weighted by molar-refractivity contribution is 7.91. The molecule has 120 valence electrons. The molecular formula is C16H27NO2S2. The quantitative estimate of drug-likeness (QED) is 0.899. The molecule has 0 amide bonds. The highest BCUT2D eigenvalue weighted by Gasteiger charge is 2.35. The summed E-state index contributed by atoms with van der Waals surface area (Å²) in [6, 6.07) is 4.57. The fourth-order valence-electron chi connectivity index (χ4n) is 2.81. The van der Waals surface area contributed by atoms with Crippen LogP contribution < -0.4 is 5.32 Å². The Balaban J connectivity index is 2.22. The van der Waals surface area contributed by atoms with Crippen molar-refractivity contribution in [1.29, 1.82) is 0 Å². The molecule has 2 heterocycles. The van der Waals surface area contributed by atoms with Crippen molar-refractivity contribution in [3.63, 3.8) is 0 Å². The van der Waals surface area contributed by atoms with E-state index in [1.165, 1.54) is 9.75 Å². The number of nitrogens with one attached hydrogen (secondary N) is 1. The molecule has 0 spiro atoms.